The highest BCUT2D eigenvalue weighted by Gasteiger charge is 2.28. The number of hydrogen-bond donors (Lipinski definition) is 1. The molecule has 0 radical (unpaired) electrons. The predicted octanol–water partition coefficient (Wildman–Crippen LogP) is 5.11. The van der Waals surface area contributed by atoms with Crippen LogP contribution in [0.4, 0.5) is 5.69 Å². The lowest BCUT2D eigenvalue weighted by atomic mass is 10.1. The summed E-state index contributed by atoms with van der Waals surface area (Å²) in [7, 11) is -1.94. The molecule has 1 amide bonds. The van der Waals surface area contributed by atoms with Crippen LogP contribution < -0.4 is 10.1 Å². The van der Waals surface area contributed by atoms with Gasteiger partial charge in [-0.05, 0) is 60.9 Å². The number of anilines is 1. The first kappa shape index (κ1) is 21.8. The SMILES string of the molecule is COc1ccc(Cl)cc1NC(=O)c1cccc(-c2ccc(S(=O)(=O)N3CCCC3)s2)c1. The van der Waals surface area contributed by atoms with Gasteiger partial charge in [0.25, 0.3) is 15.9 Å². The molecule has 31 heavy (non-hydrogen) atoms. The average molecular weight is 477 g/mol. The minimum Gasteiger partial charge on any atom is -0.495 e. The van der Waals surface area contributed by atoms with E-state index in [1.54, 1.807) is 48.5 Å². The van der Waals surface area contributed by atoms with Crippen LogP contribution in [-0.4, -0.2) is 38.8 Å². The van der Waals surface area contributed by atoms with Gasteiger partial charge >= 0.3 is 0 Å². The highest BCUT2D eigenvalue weighted by molar-refractivity contribution is 7.91. The zero-order valence-electron chi connectivity index (χ0n) is 16.8. The summed E-state index contributed by atoms with van der Waals surface area (Å²) in [4.78, 5) is 13.6. The minimum atomic E-state index is -3.46. The topological polar surface area (TPSA) is 75.7 Å². The molecule has 3 aromatic rings. The third-order valence-corrected chi connectivity index (χ3v) is 8.79. The van der Waals surface area contributed by atoms with E-state index in [1.807, 2.05) is 6.07 Å². The number of rotatable bonds is 6. The minimum absolute atomic E-state index is 0.316. The summed E-state index contributed by atoms with van der Waals surface area (Å²) in [6.45, 7) is 1.14. The van der Waals surface area contributed by atoms with Crippen LogP contribution in [0.2, 0.25) is 5.02 Å². The number of methoxy groups -OCH3 is 1. The van der Waals surface area contributed by atoms with Crippen molar-refractivity contribution < 1.29 is 17.9 Å². The Morgan fingerprint density at radius 3 is 2.61 bits per heavy atom. The normalized spacial score (nSPS) is 14.5. The van der Waals surface area contributed by atoms with Gasteiger partial charge in [-0.15, -0.1) is 11.3 Å². The van der Waals surface area contributed by atoms with Crippen molar-refractivity contribution in [3.63, 3.8) is 0 Å². The summed E-state index contributed by atoms with van der Waals surface area (Å²) in [5.74, 6) is 0.188. The average Bonchev–Trinajstić information content (AvgIpc) is 3.47. The number of carbonyl (C=O) groups excluding carboxylic acids is 1. The molecule has 0 spiro atoms. The van der Waals surface area contributed by atoms with Crippen molar-refractivity contribution in [3.05, 3.63) is 65.2 Å². The number of sulfonamides is 1. The zero-order chi connectivity index (χ0) is 22.0. The zero-order valence-corrected chi connectivity index (χ0v) is 19.2. The van der Waals surface area contributed by atoms with Crippen LogP contribution in [0, 0.1) is 0 Å². The Labute approximate surface area is 190 Å². The van der Waals surface area contributed by atoms with Crippen LogP contribution in [-0.2, 0) is 10.0 Å². The maximum Gasteiger partial charge on any atom is 0.255 e. The Balaban J connectivity index is 1.57. The summed E-state index contributed by atoms with van der Waals surface area (Å²) in [6, 6.07) is 15.5. The van der Waals surface area contributed by atoms with Crippen molar-refractivity contribution in [2.45, 2.75) is 17.1 Å². The highest BCUT2D eigenvalue weighted by atomic mass is 35.5. The lowest BCUT2D eigenvalue weighted by Crippen LogP contribution is -2.27. The van der Waals surface area contributed by atoms with Crippen molar-refractivity contribution in [3.8, 4) is 16.2 Å². The van der Waals surface area contributed by atoms with Gasteiger partial charge in [-0.2, -0.15) is 4.31 Å². The van der Waals surface area contributed by atoms with Crippen LogP contribution >= 0.6 is 22.9 Å². The molecule has 162 valence electrons. The first-order chi connectivity index (χ1) is 14.9. The van der Waals surface area contributed by atoms with Crippen LogP contribution in [0.1, 0.15) is 23.2 Å². The Morgan fingerprint density at radius 1 is 1.10 bits per heavy atom. The van der Waals surface area contributed by atoms with E-state index in [-0.39, 0.29) is 5.91 Å². The molecule has 1 aliphatic rings. The molecule has 0 unspecified atom stereocenters. The number of benzene rings is 2. The first-order valence-corrected chi connectivity index (χ1v) is 12.4. The van der Waals surface area contributed by atoms with Crippen molar-refractivity contribution in [1.29, 1.82) is 0 Å². The van der Waals surface area contributed by atoms with E-state index in [4.69, 9.17) is 16.3 Å². The van der Waals surface area contributed by atoms with Gasteiger partial charge < -0.3 is 10.1 Å². The molecule has 1 N–H and O–H groups in total. The fraction of sp³-hybridized carbons (Fsp3) is 0.227. The van der Waals surface area contributed by atoms with Gasteiger partial charge in [-0.3, -0.25) is 4.79 Å². The van der Waals surface area contributed by atoms with Gasteiger partial charge in [0, 0.05) is 28.6 Å². The summed E-state index contributed by atoms with van der Waals surface area (Å²) < 4.78 is 32.7. The lowest BCUT2D eigenvalue weighted by Gasteiger charge is -2.13. The van der Waals surface area contributed by atoms with E-state index >= 15 is 0 Å². The summed E-state index contributed by atoms with van der Waals surface area (Å²) >= 11 is 7.25. The molecule has 2 aromatic carbocycles. The second kappa shape index (κ2) is 9.00. The van der Waals surface area contributed by atoms with Gasteiger partial charge in [0.05, 0.1) is 12.8 Å². The number of nitrogens with zero attached hydrogens (tertiary/aromatic N) is 1. The second-order valence-corrected chi connectivity index (χ2v) is 10.8. The monoisotopic (exact) mass is 476 g/mol. The maximum absolute atomic E-state index is 12.8. The van der Waals surface area contributed by atoms with Gasteiger partial charge in [0.15, 0.2) is 0 Å². The van der Waals surface area contributed by atoms with Gasteiger partial charge in [-0.1, -0.05) is 23.7 Å². The van der Waals surface area contributed by atoms with E-state index < -0.39 is 10.0 Å². The third kappa shape index (κ3) is 4.62. The Morgan fingerprint density at radius 2 is 1.87 bits per heavy atom. The molecule has 1 aliphatic heterocycles. The van der Waals surface area contributed by atoms with Crippen LogP contribution in [0.5, 0.6) is 5.75 Å². The number of ether oxygens (including phenoxy) is 1. The van der Waals surface area contributed by atoms with Crippen molar-refractivity contribution >= 4 is 44.6 Å². The van der Waals surface area contributed by atoms with Crippen LogP contribution in [0.15, 0.2) is 58.8 Å². The summed E-state index contributed by atoms with van der Waals surface area (Å²) in [5.41, 5.74) is 1.69. The van der Waals surface area contributed by atoms with E-state index in [9.17, 15) is 13.2 Å². The molecule has 2 heterocycles. The van der Waals surface area contributed by atoms with Gasteiger partial charge in [-0.25, -0.2) is 8.42 Å². The number of thiophene rings is 1. The second-order valence-electron chi connectivity index (χ2n) is 7.11. The molecule has 6 nitrogen and oxygen atoms in total. The number of carbonyl (C=O) groups is 1. The Kier molecular flexibility index (Phi) is 6.34. The van der Waals surface area contributed by atoms with Gasteiger partial charge in [0.1, 0.15) is 9.96 Å². The first-order valence-electron chi connectivity index (χ1n) is 9.74. The van der Waals surface area contributed by atoms with Crippen molar-refractivity contribution in [2.75, 3.05) is 25.5 Å². The van der Waals surface area contributed by atoms with E-state index in [0.29, 0.717) is 39.3 Å². The smallest absolute Gasteiger partial charge is 0.255 e. The molecular weight excluding hydrogens is 456 g/mol. The molecular formula is C22H21ClN2O4S2. The fourth-order valence-corrected chi connectivity index (χ4v) is 6.60. The standard InChI is InChI=1S/C22H21ClN2O4S2/c1-29-19-8-7-17(23)14-18(19)24-22(26)16-6-4-5-15(13-16)20-9-10-21(30-20)31(27,28)25-11-2-3-12-25/h4-10,13-14H,2-3,11-12H2,1H3,(H,24,26). The van der Waals surface area contributed by atoms with Crippen LogP contribution in [0.3, 0.4) is 0 Å². The number of amides is 1. The molecule has 0 atom stereocenters. The Hall–Kier alpha value is -2.39. The third-order valence-electron chi connectivity index (χ3n) is 5.06. The Bertz CT molecular complexity index is 1220. The summed E-state index contributed by atoms with van der Waals surface area (Å²) in [6.07, 6.45) is 1.79. The highest BCUT2D eigenvalue weighted by Crippen LogP contribution is 2.34. The maximum atomic E-state index is 12.8. The quantitative estimate of drug-likeness (QED) is 0.536. The molecule has 1 fully saturated rings. The molecule has 0 aliphatic carbocycles. The molecule has 1 aromatic heterocycles. The summed E-state index contributed by atoms with van der Waals surface area (Å²) in [5, 5.41) is 3.30. The largest absolute Gasteiger partial charge is 0.495 e. The van der Waals surface area contributed by atoms with Crippen molar-refractivity contribution in [1.82, 2.24) is 4.31 Å². The number of hydrogen-bond acceptors (Lipinski definition) is 5. The van der Waals surface area contributed by atoms with Crippen LogP contribution in [0.25, 0.3) is 10.4 Å². The van der Waals surface area contributed by atoms with E-state index in [0.717, 1.165) is 23.3 Å². The van der Waals surface area contributed by atoms with Gasteiger partial charge in [0.2, 0.25) is 0 Å². The number of nitrogens with one attached hydrogen (secondary N) is 1. The van der Waals surface area contributed by atoms with Crippen molar-refractivity contribution in [2.24, 2.45) is 0 Å². The number of halogens is 1. The van der Waals surface area contributed by atoms with E-state index in [1.165, 1.54) is 22.8 Å². The molecule has 0 saturated carbocycles. The molecule has 0 bridgehead atoms. The molecule has 9 heteroatoms. The van der Waals surface area contributed by atoms with E-state index in [2.05, 4.69) is 5.32 Å². The molecule has 4 rings (SSSR count). The lowest BCUT2D eigenvalue weighted by molar-refractivity contribution is 0.102. The predicted molar refractivity (Wildman–Crippen MR) is 124 cm³/mol. The fourth-order valence-electron chi connectivity index (χ4n) is 3.46. The molecule has 1 saturated heterocycles.